The summed E-state index contributed by atoms with van der Waals surface area (Å²) >= 11 is 6.06. The Bertz CT molecular complexity index is 1230. The smallest absolute Gasteiger partial charge is 0.332 e. The number of benzene rings is 1. The normalized spacial score (nSPS) is 12.6. The molecule has 2 aromatic heterocycles. The summed E-state index contributed by atoms with van der Waals surface area (Å²) in [6, 6.07) is 9.37. The molecule has 0 aliphatic carbocycles. The van der Waals surface area contributed by atoms with Gasteiger partial charge in [-0.3, -0.25) is 13.9 Å². The lowest BCUT2D eigenvalue weighted by molar-refractivity contribution is 0.285. The van der Waals surface area contributed by atoms with Crippen molar-refractivity contribution in [2.24, 2.45) is 4.99 Å². The Hall–Kier alpha value is -3.20. The molecule has 32 heavy (non-hydrogen) atoms. The van der Waals surface area contributed by atoms with Crippen LogP contribution in [0.5, 0.6) is 5.75 Å². The molecule has 0 fully saturated rings. The second-order valence-electron chi connectivity index (χ2n) is 7.52. The van der Waals surface area contributed by atoms with Gasteiger partial charge in [0.15, 0.2) is 6.61 Å². The number of rotatable bonds is 10. The standard InChI is InChI=1S/C22H24ClN5O4/c1-2-3-11-27-20-16(13-17(23)24-20)21(29)28(22(27)30)12-7-10-19-25-18(26-32-19)14-31-15-8-5-4-6-9-15/h4-6,8-9H,2-3,7,10-14H2,1H3. The number of aryl methyl sites for hydroxylation is 1. The van der Waals surface area contributed by atoms with Crippen molar-refractivity contribution >= 4 is 22.6 Å². The lowest BCUT2D eigenvalue weighted by atomic mass is 10.2. The van der Waals surface area contributed by atoms with E-state index in [1.165, 1.54) is 4.57 Å². The van der Waals surface area contributed by atoms with E-state index in [9.17, 15) is 9.59 Å². The second-order valence-corrected chi connectivity index (χ2v) is 7.96. The average molecular weight is 458 g/mol. The third-order valence-corrected chi connectivity index (χ3v) is 5.39. The van der Waals surface area contributed by atoms with Crippen molar-refractivity contribution < 1.29 is 9.26 Å². The zero-order valence-electron chi connectivity index (χ0n) is 17.8. The molecule has 4 rings (SSSR count). The van der Waals surface area contributed by atoms with Gasteiger partial charge in [0.2, 0.25) is 11.7 Å². The van der Waals surface area contributed by atoms with Gasteiger partial charge in [0, 0.05) is 25.9 Å². The predicted octanol–water partition coefficient (Wildman–Crippen LogP) is 3.23. The van der Waals surface area contributed by atoms with E-state index in [1.54, 1.807) is 4.57 Å². The number of hydrogen-bond acceptors (Lipinski definition) is 7. The van der Waals surface area contributed by atoms with E-state index in [-0.39, 0.29) is 30.8 Å². The molecule has 10 heteroatoms. The minimum Gasteiger partial charge on any atom is -0.485 e. The molecule has 0 N–H and O–H groups in total. The average Bonchev–Trinajstić information content (AvgIpc) is 3.42. The summed E-state index contributed by atoms with van der Waals surface area (Å²) in [6.07, 6.45) is 2.93. The number of aromatic nitrogens is 4. The maximum absolute atomic E-state index is 13.0. The fourth-order valence-electron chi connectivity index (χ4n) is 3.55. The molecular formula is C22H24ClN5O4. The summed E-state index contributed by atoms with van der Waals surface area (Å²) in [5, 5.41) is 4.25. The van der Waals surface area contributed by atoms with Crippen molar-refractivity contribution in [2.45, 2.75) is 58.7 Å². The van der Waals surface area contributed by atoms with E-state index in [2.05, 4.69) is 15.1 Å². The Morgan fingerprint density at radius 2 is 1.91 bits per heavy atom. The number of aliphatic imine (C=N–C) groups is 1. The summed E-state index contributed by atoms with van der Waals surface area (Å²) < 4.78 is 13.7. The van der Waals surface area contributed by atoms with Gasteiger partial charge in [0.25, 0.3) is 5.56 Å². The first-order valence-electron chi connectivity index (χ1n) is 10.7. The van der Waals surface area contributed by atoms with Gasteiger partial charge in [-0.25, -0.2) is 9.79 Å². The van der Waals surface area contributed by atoms with Crippen LogP contribution in [0.1, 0.15) is 43.5 Å². The molecule has 1 aliphatic heterocycles. The molecule has 0 saturated heterocycles. The predicted molar refractivity (Wildman–Crippen MR) is 120 cm³/mol. The van der Waals surface area contributed by atoms with E-state index in [1.807, 2.05) is 37.3 Å². The third-order valence-electron chi connectivity index (χ3n) is 5.17. The van der Waals surface area contributed by atoms with Gasteiger partial charge in [-0.2, -0.15) is 4.98 Å². The summed E-state index contributed by atoms with van der Waals surface area (Å²) in [5.74, 6) is 1.99. The first kappa shape index (κ1) is 22.0. The number of para-hydroxylation sites is 1. The highest BCUT2D eigenvalue weighted by Crippen LogP contribution is 2.24. The third kappa shape index (κ3) is 4.83. The Balaban J connectivity index is 1.41. The van der Waals surface area contributed by atoms with Crippen molar-refractivity contribution in [1.29, 1.82) is 0 Å². The van der Waals surface area contributed by atoms with Gasteiger partial charge in [-0.15, -0.1) is 0 Å². The summed E-state index contributed by atoms with van der Waals surface area (Å²) in [7, 11) is 0. The topological polar surface area (TPSA) is 105 Å². The molecule has 9 nitrogen and oxygen atoms in total. The Kier molecular flexibility index (Phi) is 6.84. The van der Waals surface area contributed by atoms with E-state index < -0.39 is 0 Å². The number of halogens is 1. The molecular weight excluding hydrogens is 434 g/mol. The van der Waals surface area contributed by atoms with Crippen LogP contribution in [0.25, 0.3) is 0 Å². The van der Waals surface area contributed by atoms with Crippen LogP contribution in [0.4, 0.5) is 5.82 Å². The molecule has 0 saturated carbocycles. The lowest BCUT2D eigenvalue weighted by Crippen LogP contribution is -2.41. The van der Waals surface area contributed by atoms with Gasteiger partial charge >= 0.3 is 5.69 Å². The van der Waals surface area contributed by atoms with Crippen LogP contribution >= 0.6 is 11.6 Å². The van der Waals surface area contributed by atoms with Gasteiger partial charge in [0.05, 0.1) is 5.56 Å². The number of unbranched alkanes of at least 4 members (excludes halogenated alkanes) is 1. The van der Waals surface area contributed by atoms with Crippen LogP contribution in [0, 0.1) is 0 Å². The van der Waals surface area contributed by atoms with Crippen molar-refractivity contribution in [1.82, 2.24) is 19.3 Å². The number of fused-ring (bicyclic) bond motifs is 1. The molecule has 0 radical (unpaired) electrons. The highest BCUT2D eigenvalue weighted by molar-refractivity contribution is 6.66. The monoisotopic (exact) mass is 457 g/mol. The molecule has 0 amide bonds. The molecule has 0 bridgehead atoms. The molecule has 1 aliphatic rings. The van der Waals surface area contributed by atoms with Crippen molar-refractivity contribution in [3.05, 3.63) is 68.4 Å². The Morgan fingerprint density at radius 3 is 2.69 bits per heavy atom. The van der Waals surface area contributed by atoms with E-state index >= 15 is 0 Å². The van der Waals surface area contributed by atoms with E-state index in [4.69, 9.17) is 20.9 Å². The molecule has 1 aromatic carbocycles. The number of ether oxygens (including phenoxy) is 1. The maximum Gasteiger partial charge on any atom is 0.332 e. The fraction of sp³-hybridized carbons (Fsp3) is 0.409. The minimum absolute atomic E-state index is 0.195. The van der Waals surface area contributed by atoms with Gasteiger partial charge < -0.3 is 9.26 Å². The van der Waals surface area contributed by atoms with Crippen LogP contribution in [-0.4, -0.2) is 24.4 Å². The second kappa shape index (κ2) is 9.95. The zero-order chi connectivity index (χ0) is 22.5. The first-order valence-corrected chi connectivity index (χ1v) is 11.0. The van der Waals surface area contributed by atoms with Crippen LogP contribution in [0.15, 0.2) is 49.4 Å². The van der Waals surface area contributed by atoms with Crippen LogP contribution in [0.3, 0.4) is 0 Å². The molecule has 3 heterocycles. The van der Waals surface area contributed by atoms with Crippen molar-refractivity contribution in [3.63, 3.8) is 0 Å². The van der Waals surface area contributed by atoms with Crippen LogP contribution < -0.4 is 16.0 Å². The van der Waals surface area contributed by atoms with Crippen LogP contribution in [0.2, 0.25) is 0 Å². The van der Waals surface area contributed by atoms with Crippen molar-refractivity contribution in [2.75, 3.05) is 0 Å². The SMILES string of the molecule is CCCCn1c2c(c(=O)n(CCCc3nc(COc4ccccc4)no3)c1=O)CC(Cl)=N2. The number of nitrogens with zero attached hydrogens (tertiary/aromatic N) is 5. The number of hydrogen-bond donors (Lipinski definition) is 0. The summed E-state index contributed by atoms with van der Waals surface area (Å²) in [5.41, 5.74) is -0.219. The first-order chi connectivity index (χ1) is 15.6. The summed E-state index contributed by atoms with van der Waals surface area (Å²) in [6.45, 7) is 2.98. The van der Waals surface area contributed by atoms with E-state index in [0.29, 0.717) is 47.7 Å². The van der Waals surface area contributed by atoms with Crippen molar-refractivity contribution in [3.8, 4) is 5.75 Å². The highest BCUT2D eigenvalue weighted by Gasteiger charge is 2.24. The lowest BCUT2D eigenvalue weighted by Gasteiger charge is -2.13. The molecule has 3 aromatic rings. The van der Waals surface area contributed by atoms with Gasteiger partial charge in [-0.05, 0) is 25.0 Å². The molecule has 0 spiro atoms. The highest BCUT2D eigenvalue weighted by atomic mass is 35.5. The van der Waals surface area contributed by atoms with Gasteiger partial charge in [0.1, 0.15) is 16.7 Å². The Labute approximate surface area is 189 Å². The molecule has 168 valence electrons. The maximum atomic E-state index is 13.0. The molecule has 0 atom stereocenters. The minimum atomic E-state index is -0.361. The van der Waals surface area contributed by atoms with E-state index in [0.717, 1.165) is 18.6 Å². The quantitative estimate of drug-likeness (QED) is 0.463. The Morgan fingerprint density at radius 1 is 1.12 bits per heavy atom. The van der Waals surface area contributed by atoms with Gasteiger partial charge in [-0.1, -0.05) is 48.3 Å². The summed E-state index contributed by atoms with van der Waals surface area (Å²) in [4.78, 5) is 34.4. The fourth-order valence-corrected chi connectivity index (χ4v) is 3.76. The largest absolute Gasteiger partial charge is 0.485 e. The molecule has 0 unspecified atom stereocenters. The van der Waals surface area contributed by atoms with Crippen LogP contribution in [-0.2, 0) is 32.5 Å². The zero-order valence-corrected chi connectivity index (χ0v) is 18.5.